The number of thioether (sulfide) groups is 1. The van der Waals surface area contributed by atoms with E-state index in [4.69, 9.17) is 0 Å². The maximum Gasteiger partial charge on any atom is 0.317 e. The number of piperazine rings is 1. The molecule has 7 nitrogen and oxygen atoms in total. The summed E-state index contributed by atoms with van der Waals surface area (Å²) in [5.74, 6) is 0.793. The zero-order chi connectivity index (χ0) is 20.9. The van der Waals surface area contributed by atoms with Crippen molar-refractivity contribution in [3.05, 3.63) is 59.7 Å². The first-order chi connectivity index (χ1) is 14.6. The number of benzene rings is 2. The Morgan fingerprint density at radius 3 is 2.43 bits per heavy atom. The molecular weight excluding hydrogens is 398 g/mol. The number of hydrogen-bond donors (Lipinski definition) is 2. The summed E-state index contributed by atoms with van der Waals surface area (Å²) in [5.41, 5.74) is 3.82. The highest BCUT2D eigenvalue weighted by Crippen LogP contribution is 2.23. The normalized spacial score (nSPS) is 14.2. The zero-order valence-corrected chi connectivity index (χ0v) is 17.7. The molecule has 0 unspecified atom stereocenters. The van der Waals surface area contributed by atoms with Crippen molar-refractivity contribution < 1.29 is 9.59 Å². The Balaban J connectivity index is 1.31. The van der Waals surface area contributed by atoms with Crippen molar-refractivity contribution in [2.24, 2.45) is 0 Å². The van der Waals surface area contributed by atoms with Gasteiger partial charge in [0.15, 0.2) is 5.16 Å². The van der Waals surface area contributed by atoms with Crippen molar-refractivity contribution >= 4 is 34.7 Å². The van der Waals surface area contributed by atoms with Crippen LogP contribution in [0.3, 0.4) is 0 Å². The molecule has 3 aromatic rings. The van der Waals surface area contributed by atoms with Crippen molar-refractivity contribution in [1.82, 2.24) is 25.1 Å². The Morgan fingerprint density at radius 1 is 1.03 bits per heavy atom. The molecule has 2 heterocycles. The number of nitrogens with one attached hydrogen (secondary N) is 2. The van der Waals surface area contributed by atoms with Gasteiger partial charge in [0, 0.05) is 44.0 Å². The summed E-state index contributed by atoms with van der Waals surface area (Å²) in [7, 11) is 0. The third-order valence-electron chi connectivity index (χ3n) is 5.13. The molecule has 0 atom stereocenters. The second kappa shape index (κ2) is 9.21. The van der Waals surface area contributed by atoms with Gasteiger partial charge in [-0.25, -0.2) is 9.78 Å². The lowest BCUT2D eigenvalue weighted by Gasteiger charge is -2.34. The van der Waals surface area contributed by atoms with Gasteiger partial charge in [-0.15, -0.1) is 0 Å². The van der Waals surface area contributed by atoms with E-state index in [1.165, 1.54) is 0 Å². The lowest BCUT2D eigenvalue weighted by Crippen LogP contribution is -2.53. The zero-order valence-electron chi connectivity index (χ0n) is 16.9. The highest BCUT2D eigenvalue weighted by Gasteiger charge is 2.24. The number of H-pyrrole nitrogens is 1. The fourth-order valence-electron chi connectivity index (χ4n) is 3.45. The number of carbonyl (C=O) groups is 2. The van der Waals surface area contributed by atoms with Crippen molar-refractivity contribution in [1.29, 1.82) is 0 Å². The number of nitrogens with zero attached hydrogens (tertiary/aromatic N) is 3. The minimum atomic E-state index is -0.0593. The van der Waals surface area contributed by atoms with Crippen molar-refractivity contribution in [3.8, 4) is 0 Å². The quantitative estimate of drug-likeness (QED) is 0.617. The van der Waals surface area contributed by atoms with Gasteiger partial charge in [-0.05, 0) is 36.8 Å². The van der Waals surface area contributed by atoms with E-state index in [1.807, 2.05) is 60.4 Å². The second-order valence-electron chi connectivity index (χ2n) is 7.16. The summed E-state index contributed by atoms with van der Waals surface area (Å²) in [4.78, 5) is 36.1. The van der Waals surface area contributed by atoms with E-state index in [2.05, 4.69) is 15.3 Å². The number of aromatic nitrogens is 2. The fourth-order valence-corrected chi connectivity index (χ4v) is 4.29. The minimum absolute atomic E-state index is 0.0158. The third-order valence-corrected chi connectivity index (χ3v) is 6.07. The largest absolute Gasteiger partial charge is 0.338 e. The number of fused-ring (bicyclic) bond motifs is 1. The maximum atomic E-state index is 12.8. The maximum absolute atomic E-state index is 12.8. The van der Waals surface area contributed by atoms with Crippen LogP contribution < -0.4 is 5.32 Å². The number of amides is 3. The lowest BCUT2D eigenvalue weighted by molar-refractivity contribution is 0.0665. The van der Waals surface area contributed by atoms with Gasteiger partial charge in [-0.3, -0.25) is 4.79 Å². The average Bonchev–Trinajstić information content (AvgIpc) is 3.21. The third kappa shape index (κ3) is 4.59. The molecule has 1 fully saturated rings. The summed E-state index contributed by atoms with van der Waals surface area (Å²) >= 11 is 1.64. The first-order valence-electron chi connectivity index (χ1n) is 10.1. The Morgan fingerprint density at radius 2 is 1.73 bits per heavy atom. The highest BCUT2D eigenvalue weighted by molar-refractivity contribution is 7.98. The molecule has 0 bridgehead atoms. The Labute approximate surface area is 179 Å². The average molecular weight is 424 g/mol. The van der Waals surface area contributed by atoms with E-state index in [-0.39, 0.29) is 11.9 Å². The number of carbonyl (C=O) groups excluding carboxylic acids is 2. The van der Waals surface area contributed by atoms with Crippen molar-refractivity contribution in [2.45, 2.75) is 17.8 Å². The second-order valence-corrected chi connectivity index (χ2v) is 8.12. The molecule has 0 saturated carbocycles. The molecule has 4 rings (SSSR count). The van der Waals surface area contributed by atoms with Gasteiger partial charge in [0.25, 0.3) is 5.91 Å². The molecule has 0 aliphatic carbocycles. The summed E-state index contributed by atoms with van der Waals surface area (Å²) in [6.45, 7) is 4.74. The predicted octanol–water partition coefficient (Wildman–Crippen LogP) is 3.34. The number of para-hydroxylation sites is 2. The van der Waals surface area contributed by atoms with Crippen LogP contribution in [0.2, 0.25) is 0 Å². The van der Waals surface area contributed by atoms with E-state index in [9.17, 15) is 9.59 Å². The first-order valence-corrected chi connectivity index (χ1v) is 11.1. The van der Waals surface area contributed by atoms with Crippen molar-refractivity contribution in [2.75, 3.05) is 32.7 Å². The molecule has 156 valence electrons. The van der Waals surface area contributed by atoms with Gasteiger partial charge in [-0.1, -0.05) is 36.0 Å². The van der Waals surface area contributed by atoms with Gasteiger partial charge in [0.1, 0.15) is 0 Å². The Kier molecular flexibility index (Phi) is 6.23. The molecule has 30 heavy (non-hydrogen) atoms. The number of hydrogen-bond acceptors (Lipinski definition) is 4. The van der Waals surface area contributed by atoms with Gasteiger partial charge < -0.3 is 20.1 Å². The molecule has 1 aliphatic rings. The van der Waals surface area contributed by atoms with E-state index in [0.717, 1.165) is 27.5 Å². The Hall–Kier alpha value is -3.00. The molecule has 0 radical (unpaired) electrons. The van der Waals surface area contributed by atoms with Crippen LogP contribution in [0.1, 0.15) is 22.8 Å². The van der Waals surface area contributed by atoms with Crippen LogP contribution in [-0.2, 0) is 5.75 Å². The lowest BCUT2D eigenvalue weighted by atomic mass is 10.1. The van der Waals surface area contributed by atoms with Gasteiger partial charge in [-0.2, -0.15) is 0 Å². The van der Waals surface area contributed by atoms with Crippen LogP contribution in [0, 0.1) is 0 Å². The number of rotatable bonds is 5. The van der Waals surface area contributed by atoms with Gasteiger partial charge in [0.05, 0.1) is 11.0 Å². The number of imidazole rings is 1. The first kappa shape index (κ1) is 20.3. The van der Waals surface area contributed by atoms with Crippen LogP contribution >= 0.6 is 11.8 Å². The molecule has 0 spiro atoms. The number of aromatic amines is 1. The molecule has 3 amide bonds. The Bertz CT molecular complexity index is 992. The summed E-state index contributed by atoms with van der Waals surface area (Å²) in [6.07, 6.45) is 0. The molecular formula is C22H25N5O2S. The molecule has 1 saturated heterocycles. The summed E-state index contributed by atoms with van der Waals surface area (Å²) < 4.78 is 0. The predicted molar refractivity (Wildman–Crippen MR) is 119 cm³/mol. The van der Waals surface area contributed by atoms with Crippen LogP contribution in [0.15, 0.2) is 53.7 Å². The molecule has 2 aromatic carbocycles. The molecule has 1 aliphatic heterocycles. The molecule has 8 heteroatoms. The van der Waals surface area contributed by atoms with Crippen LogP contribution in [0.5, 0.6) is 0 Å². The molecule has 2 N–H and O–H groups in total. The molecule has 1 aromatic heterocycles. The summed E-state index contributed by atoms with van der Waals surface area (Å²) in [5, 5.41) is 3.69. The smallest absolute Gasteiger partial charge is 0.317 e. The monoisotopic (exact) mass is 423 g/mol. The highest BCUT2D eigenvalue weighted by atomic mass is 32.2. The van der Waals surface area contributed by atoms with E-state index in [0.29, 0.717) is 38.3 Å². The summed E-state index contributed by atoms with van der Waals surface area (Å²) in [6, 6.07) is 15.7. The fraction of sp³-hybridized carbons (Fsp3) is 0.318. The van der Waals surface area contributed by atoms with Crippen LogP contribution in [-0.4, -0.2) is 64.4 Å². The van der Waals surface area contributed by atoms with Gasteiger partial charge >= 0.3 is 6.03 Å². The van der Waals surface area contributed by atoms with E-state index in [1.54, 1.807) is 16.7 Å². The minimum Gasteiger partial charge on any atom is -0.338 e. The SMILES string of the molecule is CCNC(=O)N1CCN(C(=O)c2ccc(CSc3nc4ccccc4[nH]3)cc2)CC1. The van der Waals surface area contributed by atoms with Crippen LogP contribution in [0.4, 0.5) is 4.79 Å². The topological polar surface area (TPSA) is 81.3 Å². The van der Waals surface area contributed by atoms with E-state index < -0.39 is 0 Å². The van der Waals surface area contributed by atoms with Gasteiger partial charge in [0.2, 0.25) is 0 Å². The van der Waals surface area contributed by atoms with Crippen molar-refractivity contribution in [3.63, 3.8) is 0 Å². The van der Waals surface area contributed by atoms with Crippen LogP contribution in [0.25, 0.3) is 11.0 Å². The number of urea groups is 1. The standard InChI is InChI=1S/C22H25N5O2S/c1-2-23-22(29)27-13-11-26(12-14-27)20(28)17-9-7-16(8-10-17)15-30-21-24-18-5-3-4-6-19(18)25-21/h3-10H,2,11-15H2,1H3,(H,23,29)(H,24,25). The van der Waals surface area contributed by atoms with E-state index >= 15 is 0 Å².